The number of ether oxygens (including phenoxy) is 1. The van der Waals surface area contributed by atoms with Gasteiger partial charge in [-0.2, -0.15) is 0 Å². The molecule has 2 aromatic rings. The van der Waals surface area contributed by atoms with Gasteiger partial charge in [-0.3, -0.25) is 4.79 Å². The van der Waals surface area contributed by atoms with Gasteiger partial charge in [-0.25, -0.2) is 4.79 Å². The quantitative estimate of drug-likeness (QED) is 0.501. The molecule has 2 N–H and O–H groups in total. The summed E-state index contributed by atoms with van der Waals surface area (Å²) >= 11 is 7.20. The van der Waals surface area contributed by atoms with Crippen molar-refractivity contribution >= 4 is 41.1 Å². The zero-order valence-corrected chi connectivity index (χ0v) is 20.2. The molecule has 1 heterocycles. The van der Waals surface area contributed by atoms with Gasteiger partial charge >= 0.3 is 6.09 Å². The highest BCUT2D eigenvalue weighted by atomic mass is 35.5. The van der Waals surface area contributed by atoms with E-state index >= 15 is 0 Å². The third-order valence-corrected chi connectivity index (χ3v) is 5.67. The summed E-state index contributed by atoms with van der Waals surface area (Å²) in [6.45, 7) is 11.2. The number of carbonyl (C=O) groups is 2. The molecule has 1 unspecified atom stereocenters. The molecule has 0 radical (unpaired) electrons. The van der Waals surface area contributed by atoms with Crippen LogP contribution in [-0.4, -0.2) is 33.6 Å². The van der Waals surface area contributed by atoms with Crippen molar-refractivity contribution in [2.75, 3.05) is 11.1 Å². The first-order valence-electron chi connectivity index (χ1n) is 10.0. The fourth-order valence-electron chi connectivity index (χ4n) is 2.58. The summed E-state index contributed by atoms with van der Waals surface area (Å²) in [5.74, 6) is 0.176. The molecule has 1 aromatic carbocycles. The topological polar surface area (TPSA) is 106 Å². The number of carbonyl (C=O) groups excluding carboxylic acids is 2. The lowest BCUT2D eigenvalue weighted by Gasteiger charge is -2.24. The molecule has 170 valence electrons. The molecular formula is C21H29ClN4O4S. The maximum Gasteiger partial charge on any atom is 0.408 e. The third kappa shape index (κ3) is 7.74. The molecule has 0 saturated heterocycles. The zero-order valence-electron chi connectivity index (χ0n) is 18.6. The largest absolute Gasteiger partial charge is 0.444 e. The SMILES string of the molecule is CCC(C)[C@H](NC(=O)OC(C)(C)C)c1nnc(SCC(=O)Nc2cccc(Cl)c2C)o1. The molecule has 31 heavy (non-hydrogen) atoms. The summed E-state index contributed by atoms with van der Waals surface area (Å²) in [4.78, 5) is 24.5. The van der Waals surface area contributed by atoms with Crippen LogP contribution in [0, 0.1) is 12.8 Å². The van der Waals surface area contributed by atoms with E-state index < -0.39 is 17.7 Å². The van der Waals surface area contributed by atoms with Crippen LogP contribution in [0.5, 0.6) is 0 Å². The van der Waals surface area contributed by atoms with Gasteiger partial charge in [0.1, 0.15) is 11.6 Å². The van der Waals surface area contributed by atoms with Crippen molar-refractivity contribution in [3.05, 3.63) is 34.7 Å². The minimum atomic E-state index is -0.616. The van der Waals surface area contributed by atoms with Crippen LogP contribution in [0.2, 0.25) is 5.02 Å². The summed E-state index contributed by atoms with van der Waals surface area (Å²) in [6, 6.07) is 4.83. The molecule has 10 heteroatoms. The zero-order chi connectivity index (χ0) is 23.2. The molecule has 0 aliphatic carbocycles. The Hall–Kier alpha value is -2.26. The molecular weight excluding hydrogens is 440 g/mol. The summed E-state index contributed by atoms with van der Waals surface area (Å²) in [5.41, 5.74) is 0.837. The average molecular weight is 469 g/mol. The maximum atomic E-state index is 12.3. The number of rotatable bonds is 8. The number of benzene rings is 1. The molecule has 0 spiro atoms. The average Bonchev–Trinajstić information content (AvgIpc) is 3.15. The van der Waals surface area contributed by atoms with Crippen LogP contribution in [-0.2, 0) is 9.53 Å². The number of aromatic nitrogens is 2. The third-order valence-electron chi connectivity index (χ3n) is 4.44. The normalized spacial score (nSPS) is 13.4. The smallest absolute Gasteiger partial charge is 0.408 e. The van der Waals surface area contributed by atoms with E-state index in [1.165, 1.54) is 0 Å². The van der Waals surface area contributed by atoms with E-state index in [0.29, 0.717) is 10.7 Å². The van der Waals surface area contributed by atoms with E-state index in [2.05, 4.69) is 20.8 Å². The monoisotopic (exact) mass is 468 g/mol. The van der Waals surface area contributed by atoms with Crippen LogP contribution in [0.3, 0.4) is 0 Å². The van der Waals surface area contributed by atoms with Gasteiger partial charge in [0, 0.05) is 10.7 Å². The molecule has 0 aliphatic heterocycles. The van der Waals surface area contributed by atoms with Gasteiger partial charge in [0.15, 0.2) is 0 Å². The minimum Gasteiger partial charge on any atom is -0.444 e. The highest BCUT2D eigenvalue weighted by Crippen LogP contribution is 2.27. The molecule has 0 aliphatic rings. The predicted octanol–water partition coefficient (Wildman–Crippen LogP) is 5.37. The van der Waals surface area contributed by atoms with Crippen LogP contribution >= 0.6 is 23.4 Å². The number of hydrogen-bond acceptors (Lipinski definition) is 7. The molecule has 2 amide bonds. The molecule has 1 aromatic heterocycles. The van der Waals surface area contributed by atoms with E-state index in [-0.39, 0.29) is 28.7 Å². The Morgan fingerprint density at radius 3 is 2.65 bits per heavy atom. The highest BCUT2D eigenvalue weighted by molar-refractivity contribution is 7.99. The van der Waals surface area contributed by atoms with Crippen molar-refractivity contribution in [3.8, 4) is 0 Å². The molecule has 2 atom stereocenters. The van der Waals surface area contributed by atoms with Crippen molar-refractivity contribution < 1.29 is 18.7 Å². The Morgan fingerprint density at radius 1 is 1.29 bits per heavy atom. The number of amides is 2. The fourth-order valence-corrected chi connectivity index (χ4v) is 3.32. The van der Waals surface area contributed by atoms with Crippen LogP contribution in [0.1, 0.15) is 58.5 Å². The van der Waals surface area contributed by atoms with E-state index in [4.69, 9.17) is 20.8 Å². The Kier molecular flexibility index (Phi) is 8.76. The van der Waals surface area contributed by atoms with Crippen LogP contribution in [0.25, 0.3) is 0 Å². The highest BCUT2D eigenvalue weighted by Gasteiger charge is 2.28. The second-order valence-electron chi connectivity index (χ2n) is 8.16. The molecule has 0 fully saturated rings. The number of anilines is 1. The van der Waals surface area contributed by atoms with Crippen LogP contribution in [0.4, 0.5) is 10.5 Å². The van der Waals surface area contributed by atoms with E-state index in [9.17, 15) is 9.59 Å². The molecule has 2 rings (SSSR count). The summed E-state index contributed by atoms with van der Waals surface area (Å²) in [6.07, 6.45) is 0.230. The van der Waals surface area contributed by atoms with E-state index in [1.54, 1.807) is 39.0 Å². The Bertz CT molecular complexity index is 913. The van der Waals surface area contributed by atoms with Crippen molar-refractivity contribution in [2.24, 2.45) is 5.92 Å². The molecule has 0 bridgehead atoms. The summed E-state index contributed by atoms with van der Waals surface area (Å²) < 4.78 is 11.0. The number of thioether (sulfide) groups is 1. The first kappa shape index (κ1) is 25.0. The van der Waals surface area contributed by atoms with Gasteiger partial charge in [0.2, 0.25) is 11.8 Å². The van der Waals surface area contributed by atoms with Gasteiger partial charge in [-0.1, -0.05) is 49.7 Å². The standard InChI is InChI=1S/C21H29ClN4O4S/c1-7-12(2)17(24-19(28)30-21(4,5)6)18-25-26-20(29-18)31-11-16(27)23-15-10-8-9-14(22)13(15)3/h8-10,12,17H,7,11H2,1-6H3,(H,23,27)(H,24,28)/t12?,17-/m0/s1. The second kappa shape index (κ2) is 10.9. The maximum absolute atomic E-state index is 12.3. The lowest BCUT2D eigenvalue weighted by molar-refractivity contribution is -0.113. The summed E-state index contributed by atoms with van der Waals surface area (Å²) in [7, 11) is 0. The molecule has 0 saturated carbocycles. The van der Waals surface area contributed by atoms with E-state index in [0.717, 1.165) is 23.7 Å². The Labute approximate surface area is 191 Å². The Morgan fingerprint density at radius 2 is 2.00 bits per heavy atom. The van der Waals surface area contributed by atoms with Gasteiger partial charge in [0.25, 0.3) is 5.22 Å². The van der Waals surface area contributed by atoms with Crippen molar-refractivity contribution in [2.45, 2.75) is 64.8 Å². The second-order valence-corrected chi connectivity index (χ2v) is 9.50. The van der Waals surface area contributed by atoms with Gasteiger partial charge < -0.3 is 19.8 Å². The van der Waals surface area contributed by atoms with E-state index in [1.807, 2.05) is 20.8 Å². The lowest BCUT2D eigenvalue weighted by Crippen LogP contribution is -2.37. The number of hydrogen-bond donors (Lipinski definition) is 2. The number of alkyl carbamates (subject to hydrolysis) is 1. The fraction of sp³-hybridized carbons (Fsp3) is 0.524. The lowest BCUT2D eigenvalue weighted by atomic mass is 9.99. The first-order chi connectivity index (χ1) is 14.5. The summed E-state index contributed by atoms with van der Waals surface area (Å²) in [5, 5.41) is 14.5. The predicted molar refractivity (Wildman–Crippen MR) is 121 cm³/mol. The van der Waals surface area contributed by atoms with Crippen LogP contribution in [0.15, 0.2) is 27.8 Å². The van der Waals surface area contributed by atoms with Crippen molar-refractivity contribution in [1.29, 1.82) is 0 Å². The van der Waals surface area contributed by atoms with Crippen molar-refractivity contribution in [1.82, 2.24) is 15.5 Å². The van der Waals surface area contributed by atoms with Crippen molar-refractivity contribution in [3.63, 3.8) is 0 Å². The van der Waals surface area contributed by atoms with Crippen LogP contribution < -0.4 is 10.6 Å². The first-order valence-corrected chi connectivity index (χ1v) is 11.4. The van der Waals surface area contributed by atoms with Gasteiger partial charge in [-0.15, -0.1) is 10.2 Å². The number of halogens is 1. The van der Waals surface area contributed by atoms with Gasteiger partial charge in [0.05, 0.1) is 5.75 Å². The molecule has 8 nitrogen and oxygen atoms in total. The Balaban J connectivity index is 2.00. The van der Waals surface area contributed by atoms with Gasteiger partial charge in [-0.05, 0) is 51.3 Å². The minimum absolute atomic E-state index is 0.0416. The number of nitrogens with zero attached hydrogens (tertiary/aromatic N) is 2. The number of nitrogens with one attached hydrogen (secondary N) is 2.